The molecule has 1 N–H and O–H groups in total. The molecular formula is C15H25N3. The fraction of sp³-hybridized carbons (Fsp3) is 0.667. The first-order chi connectivity index (χ1) is 8.70. The van der Waals surface area contributed by atoms with Crippen LogP contribution in [0.3, 0.4) is 0 Å². The highest BCUT2D eigenvalue weighted by molar-refractivity contribution is 5.10. The van der Waals surface area contributed by atoms with Crippen LogP contribution in [0.4, 0.5) is 0 Å². The average molecular weight is 247 g/mol. The first-order valence-electron chi connectivity index (χ1n) is 7.00. The van der Waals surface area contributed by atoms with Gasteiger partial charge in [-0.2, -0.15) is 0 Å². The van der Waals surface area contributed by atoms with Crippen molar-refractivity contribution >= 4 is 0 Å². The predicted molar refractivity (Wildman–Crippen MR) is 75.5 cm³/mol. The standard InChI is InChI=1S/C15H25N3/c1-12-7-6-8-13(17-12)11-18(3)15-10-5-4-9-14(15)16-2/h6-8,14-16H,4-5,9-11H2,1-3H3. The lowest BCUT2D eigenvalue weighted by atomic mass is 9.89. The first-order valence-corrected chi connectivity index (χ1v) is 7.00. The Labute approximate surface area is 111 Å². The number of hydrogen-bond donors (Lipinski definition) is 1. The first kappa shape index (κ1) is 13.5. The number of aromatic nitrogens is 1. The van der Waals surface area contributed by atoms with Gasteiger partial charge in [-0.25, -0.2) is 0 Å². The number of hydrogen-bond acceptors (Lipinski definition) is 3. The molecule has 2 atom stereocenters. The van der Waals surface area contributed by atoms with Crippen molar-refractivity contribution in [1.29, 1.82) is 0 Å². The van der Waals surface area contributed by atoms with Gasteiger partial charge in [-0.05, 0) is 46.0 Å². The second-order valence-corrected chi connectivity index (χ2v) is 5.43. The smallest absolute Gasteiger partial charge is 0.0547 e. The Bertz CT molecular complexity index is 378. The average Bonchev–Trinajstić information content (AvgIpc) is 2.38. The molecule has 0 aliphatic heterocycles. The van der Waals surface area contributed by atoms with Gasteiger partial charge in [0.2, 0.25) is 0 Å². The van der Waals surface area contributed by atoms with E-state index in [1.807, 2.05) is 0 Å². The molecule has 0 amide bonds. The second kappa shape index (κ2) is 6.30. The summed E-state index contributed by atoms with van der Waals surface area (Å²) in [7, 11) is 4.31. The van der Waals surface area contributed by atoms with Gasteiger partial charge < -0.3 is 5.32 Å². The summed E-state index contributed by atoms with van der Waals surface area (Å²) in [5.74, 6) is 0. The minimum atomic E-state index is 0.633. The Morgan fingerprint density at radius 2 is 2.11 bits per heavy atom. The van der Waals surface area contributed by atoms with Crippen LogP contribution in [0.2, 0.25) is 0 Å². The summed E-state index contributed by atoms with van der Waals surface area (Å²) < 4.78 is 0. The summed E-state index contributed by atoms with van der Waals surface area (Å²) in [6.07, 6.45) is 5.31. The molecule has 2 rings (SSSR count). The van der Waals surface area contributed by atoms with E-state index in [2.05, 4.69) is 54.4 Å². The largest absolute Gasteiger partial charge is 0.315 e. The zero-order chi connectivity index (χ0) is 13.0. The molecular weight excluding hydrogens is 222 g/mol. The van der Waals surface area contributed by atoms with Gasteiger partial charge in [-0.3, -0.25) is 9.88 Å². The lowest BCUT2D eigenvalue weighted by Crippen LogP contribution is -2.49. The highest BCUT2D eigenvalue weighted by atomic mass is 15.2. The van der Waals surface area contributed by atoms with E-state index in [1.54, 1.807) is 0 Å². The summed E-state index contributed by atoms with van der Waals surface area (Å²) in [6, 6.07) is 7.56. The zero-order valence-electron chi connectivity index (χ0n) is 11.8. The molecule has 1 aliphatic carbocycles. The van der Waals surface area contributed by atoms with Crippen LogP contribution in [-0.4, -0.2) is 36.1 Å². The molecule has 100 valence electrons. The van der Waals surface area contributed by atoms with E-state index in [-0.39, 0.29) is 0 Å². The number of likely N-dealkylation sites (N-methyl/N-ethyl adjacent to an activating group) is 2. The van der Waals surface area contributed by atoms with Gasteiger partial charge in [0, 0.05) is 24.3 Å². The predicted octanol–water partition coefficient (Wildman–Crippen LogP) is 2.35. The van der Waals surface area contributed by atoms with E-state index >= 15 is 0 Å². The minimum absolute atomic E-state index is 0.633. The maximum atomic E-state index is 4.60. The summed E-state index contributed by atoms with van der Waals surface area (Å²) in [6.45, 7) is 3.00. The number of pyridine rings is 1. The van der Waals surface area contributed by atoms with Crippen LogP contribution in [0.25, 0.3) is 0 Å². The van der Waals surface area contributed by atoms with E-state index in [0.717, 1.165) is 12.2 Å². The quantitative estimate of drug-likeness (QED) is 0.885. The number of rotatable bonds is 4. The van der Waals surface area contributed by atoms with Crippen LogP contribution in [0.5, 0.6) is 0 Å². The van der Waals surface area contributed by atoms with E-state index in [9.17, 15) is 0 Å². The highest BCUT2D eigenvalue weighted by Crippen LogP contribution is 2.23. The van der Waals surface area contributed by atoms with Gasteiger partial charge in [-0.1, -0.05) is 18.9 Å². The summed E-state index contributed by atoms with van der Waals surface area (Å²) in [5.41, 5.74) is 2.28. The van der Waals surface area contributed by atoms with Crippen LogP contribution in [0.15, 0.2) is 18.2 Å². The molecule has 0 aromatic carbocycles. The summed E-state index contributed by atoms with van der Waals surface area (Å²) >= 11 is 0. The summed E-state index contributed by atoms with van der Waals surface area (Å²) in [4.78, 5) is 7.06. The molecule has 3 nitrogen and oxygen atoms in total. The van der Waals surface area contributed by atoms with E-state index < -0.39 is 0 Å². The van der Waals surface area contributed by atoms with Crippen molar-refractivity contribution in [3.63, 3.8) is 0 Å². The maximum Gasteiger partial charge on any atom is 0.0547 e. The van der Waals surface area contributed by atoms with Crippen LogP contribution in [0.1, 0.15) is 37.1 Å². The van der Waals surface area contributed by atoms with Gasteiger partial charge >= 0.3 is 0 Å². The highest BCUT2D eigenvalue weighted by Gasteiger charge is 2.27. The van der Waals surface area contributed by atoms with E-state index in [0.29, 0.717) is 12.1 Å². The van der Waals surface area contributed by atoms with Gasteiger partial charge in [0.25, 0.3) is 0 Å². The number of aryl methyl sites for hydroxylation is 1. The Morgan fingerprint density at radius 3 is 2.83 bits per heavy atom. The van der Waals surface area contributed by atoms with Crippen LogP contribution in [0, 0.1) is 6.92 Å². The molecule has 1 aromatic rings. The molecule has 1 fully saturated rings. The fourth-order valence-electron chi connectivity index (χ4n) is 3.04. The molecule has 0 spiro atoms. The minimum Gasteiger partial charge on any atom is -0.315 e. The van der Waals surface area contributed by atoms with E-state index in [1.165, 1.54) is 31.4 Å². The van der Waals surface area contributed by atoms with Crippen LogP contribution >= 0.6 is 0 Å². The molecule has 0 saturated heterocycles. The van der Waals surface area contributed by atoms with Crippen molar-refractivity contribution in [1.82, 2.24) is 15.2 Å². The molecule has 3 heteroatoms. The van der Waals surface area contributed by atoms with Crippen molar-refractivity contribution in [2.24, 2.45) is 0 Å². The zero-order valence-corrected chi connectivity index (χ0v) is 11.8. The van der Waals surface area contributed by atoms with Crippen LogP contribution < -0.4 is 5.32 Å². The number of nitrogens with zero attached hydrogens (tertiary/aromatic N) is 2. The van der Waals surface area contributed by atoms with Crippen molar-refractivity contribution in [2.45, 2.75) is 51.2 Å². The van der Waals surface area contributed by atoms with E-state index in [4.69, 9.17) is 0 Å². The van der Waals surface area contributed by atoms with Crippen LogP contribution in [-0.2, 0) is 6.54 Å². The Balaban J connectivity index is 1.99. The second-order valence-electron chi connectivity index (χ2n) is 5.43. The molecule has 1 heterocycles. The molecule has 1 aliphatic rings. The van der Waals surface area contributed by atoms with Gasteiger partial charge in [0.15, 0.2) is 0 Å². The molecule has 2 unspecified atom stereocenters. The molecule has 1 aromatic heterocycles. The summed E-state index contributed by atoms with van der Waals surface area (Å²) in [5, 5.41) is 3.47. The lowest BCUT2D eigenvalue weighted by Gasteiger charge is -2.37. The molecule has 0 bridgehead atoms. The van der Waals surface area contributed by atoms with Gasteiger partial charge in [0.1, 0.15) is 0 Å². The lowest BCUT2D eigenvalue weighted by molar-refractivity contribution is 0.146. The molecule has 1 saturated carbocycles. The Kier molecular flexibility index (Phi) is 4.72. The molecule has 0 radical (unpaired) electrons. The van der Waals surface area contributed by atoms with Crippen molar-refractivity contribution in [3.8, 4) is 0 Å². The molecule has 18 heavy (non-hydrogen) atoms. The SMILES string of the molecule is CNC1CCCCC1N(C)Cc1cccc(C)n1. The Hall–Kier alpha value is -0.930. The van der Waals surface area contributed by atoms with Crippen molar-refractivity contribution in [2.75, 3.05) is 14.1 Å². The van der Waals surface area contributed by atoms with Crippen molar-refractivity contribution < 1.29 is 0 Å². The van der Waals surface area contributed by atoms with Gasteiger partial charge in [0.05, 0.1) is 5.69 Å². The Morgan fingerprint density at radius 1 is 1.33 bits per heavy atom. The topological polar surface area (TPSA) is 28.2 Å². The fourth-order valence-corrected chi connectivity index (χ4v) is 3.04. The monoisotopic (exact) mass is 247 g/mol. The maximum absolute atomic E-state index is 4.60. The normalized spacial score (nSPS) is 24.4. The number of nitrogens with one attached hydrogen (secondary N) is 1. The van der Waals surface area contributed by atoms with Crippen molar-refractivity contribution in [3.05, 3.63) is 29.6 Å². The van der Waals surface area contributed by atoms with Gasteiger partial charge in [-0.15, -0.1) is 0 Å². The third-order valence-corrected chi connectivity index (χ3v) is 4.02. The third kappa shape index (κ3) is 3.30. The third-order valence-electron chi connectivity index (χ3n) is 4.02.